The third-order valence-corrected chi connectivity index (χ3v) is 5.00. The van der Waals surface area contributed by atoms with Crippen LogP contribution in [0, 0.1) is 13.8 Å². The summed E-state index contributed by atoms with van der Waals surface area (Å²) in [5.74, 6) is -0.546. The van der Waals surface area contributed by atoms with Gasteiger partial charge in [0.1, 0.15) is 6.10 Å². The van der Waals surface area contributed by atoms with Crippen LogP contribution in [0.15, 0.2) is 66.7 Å². The highest BCUT2D eigenvalue weighted by Crippen LogP contribution is 2.31. The zero-order valence-corrected chi connectivity index (χ0v) is 15.9. The van der Waals surface area contributed by atoms with Crippen molar-refractivity contribution in [2.75, 3.05) is 5.32 Å². The summed E-state index contributed by atoms with van der Waals surface area (Å²) in [5, 5.41) is 2.90. The van der Waals surface area contributed by atoms with Gasteiger partial charge in [-0.25, -0.2) is 4.79 Å². The number of esters is 1. The highest BCUT2D eigenvalue weighted by atomic mass is 16.5. The summed E-state index contributed by atoms with van der Waals surface area (Å²) in [6.07, 6.45) is 0.214. The smallest absolute Gasteiger partial charge is 0.339 e. The molecule has 4 rings (SSSR count). The van der Waals surface area contributed by atoms with Crippen molar-refractivity contribution in [1.82, 2.24) is 0 Å². The number of nitrogens with one attached hydrogen (secondary N) is 1. The number of benzene rings is 3. The SMILES string of the molecule is Cc1ccc(NC(=O)c2ccc3c(c2)C[C@@H](c2ccc(C)cc2)OC3=O)cc1. The first-order chi connectivity index (χ1) is 13.5. The van der Waals surface area contributed by atoms with Gasteiger partial charge in [0.25, 0.3) is 5.91 Å². The number of aryl methyl sites for hydroxylation is 2. The molecule has 0 radical (unpaired) electrons. The molecule has 0 unspecified atom stereocenters. The number of rotatable bonds is 3. The van der Waals surface area contributed by atoms with Gasteiger partial charge in [-0.05, 0) is 55.3 Å². The molecule has 0 saturated heterocycles. The van der Waals surface area contributed by atoms with Crippen LogP contribution in [0.1, 0.15) is 49.1 Å². The van der Waals surface area contributed by atoms with E-state index in [9.17, 15) is 9.59 Å². The monoisotopic (exact) mass is 371 g/mol. The molecule has 28 heavy (non-hydrogen) atoms. The van der Waals surface area contributed by atoms with Gasteiger partial charge in [-0.1, -0.05) is 47.5 Å². The minimum Gasteiger partial charge on any atom is -0.454 e. The summed E-state index contributed by atoms with van der Waals surface area (Å²) in [7, 11) is 0. The fraction of sp³-hybridized carbons (Fsp3) is 0.167. The van der Waals surface area contributed by atoms with Gasteiger partial charge < -0.3 is 10.1 Å². The Morgan fingerprint density at radius 3 is 2.25 bits per heavy atom. The molecule has 0 aromatic heterocycles. The summed E-state index contributed by atoms with van der Waals surface area (Å²) < 4.78 is 5.61. The standard InChI is InChI=1S/C24H21NO3/c1-15-3-7-17(8-4-15)22-14-19-13-18(9-12-21(19)24(27)28-22)23(26)25-20-10-5-16(2)6-11-20/h3-13,22H,14H2,1-2H3,(H,25,26)/t22-/m0/s1. The number of hydrogen-bond donors (Lipinski definition) is 1. The maximum Gasteiger partial charge on any atom is 0.339 e. The first-order valence-corrected chi connectivity index (χ1v) is 9.28. The van der Waals surface area contributed by atoms with Gasteiger partial charge in [0.2, 0.25) is 0 Å². The van der Waals surface area contributed by atoms with Crippen molar-refractivity contribution < 1.29 is 14.3 Å². The quantitative estimate of drug-likeness (QED) is 0.659. The van der Waals surface area contributed by atoms with Crippen LogP contribution in [-0.4, -0.2) is 11.9 Å². The molecule has 1 aliphatic heterocycles. The number of hydrogen-bond acceptors (Lipinski definition) is 3. The van der Waals surface area contributed by atoms with E-state index in [4.69, 9.17) is 4.74 Å². The molecule has 1 aliphatic rings. The second-order valence-electron chi connectivity index (χ2n) is 7.20. The van der Waals surface area contributed by atoms with Gasteiger partial charge in [-0.15, -0.1) is 0 Å². The first-order valence-electron chi connectivity index (χ1n) is 9.28. The van der Waals surface area contributed by atoms with Crippen molar-refractivity contribution in [3.63, 3.8) is 0 Å². The Morgan fingerprint density at radius 2 is 1.57 bits per heavy atom. The van der Waals surface area contributed by atoms with Crippen LogP contribution < -0.4 is 5.32 Å². The van der Waals surface area contributed by atoms with Crippen LogP contribution in [0.2, 0.25) is 0 Å². The fourth-order valence-corrected chi connectivity index (χ4v) is 3.34. The van der Waals surface area contributed by atoms with Gasteiger partial charge in [0.15, 0.2) is 0 Å². The Hall–Kier alpha value is -3.40. The van der Waals surface area contributed by atoms with Crippen molar-refractivity contribution in [2.45, 2.75) is 26.4 Å². The van der Waals surface area contributed by atoms with Crippen LogP contribution in [0.4, 0.5) is 5.69 Å². The minimum absolute atomic E-state index is 0.197. The number of carbonyl (C=O) groups excluding carboxylic acids is 2. The highest BCUT2D eigenvalue weighted by Gasteiger charge is 2.28. The van der Waals surface area contributed by atoms with E-state index in [1.807, 2.05) is 62.4 Å². The molecular weight excluding hydrogens is 350 g/mol. The molecule has 1 heterocycles. The molecule has 4 nitrogen and oxygen atoms in total. The number of cyclic esters (lactones) is 1. The average Bonchev–Trinajstić information content (AvgIpc) is 2.69. The van der Waals surface area contributed by atoms with Crippen molar-refractivity contribution in [3.8, 4) is 0 Å². The van der Waals surface area contributed by atoms with Gasteiger partial charge in [-0.2, -0.15) is 0 Å². The molecule has 0 bridgehead atoms. The van der Waals surface area contributed by atoms with E-state index in [1.165, 1.54) is 0 Å². The predicted octanol–water partition coefficient (Wildman–Crippen LogP) is 5.01. The molecule has 0 aliphatic carbocycles. The van der Waals surface area contributed by atoms with Gasteiger partial charge in [0, 0.05) is 17.7 Å². The van der Waals surface area contributed by atoms with Crippen molar-refractivity contribution in [3.05, 3.63) is 100 Å². The zero-order chi connectivity index (χ0) is 19.7. The number of fused-ring (bicyclic) bond motifs is 1. The van der Waals surface area contributed by atoms with Crippen molar-refractivity contribution in [1.29, 1.82) is 0 Å². The van der Waals surface area contributed by atoms with Crippen LogP contribution >= 0.6 is 0 Å². The predicted molar refractivity (Wildman–Crippen MR) is 109 cm³/mol. The summed E-state index contributed by atoms with van der Waals surface area (Å²) in [5.41, 5.74) is 5.86. The lowest BCUT2D eigenvalue weighted by Crippen LogP contribution is -2.23. The Kier molecular flexibility index (Phi) is 4.70. The molecule has 1 N–H and O–H groups in total. The fourth-order valence-electron chi connectivity index (χ4n) is 3.34. The van der Waals surface area contributed by atoms with Gasteiger partial charge in [0.05, 0.1) is 5.56 Å². The molecule has 0 fully saturated rings. The highest BCUT2D eigenvalue weighted by molar-refractivity contribution is 6.05. The first kappa shape index (κ1) is 18.0. The number of amides is 1. The van der Waals surface area contributed by atoms with Crippen LogP contribution in [0.5, 0.6) is 0 Å². The molecule has 140 valence electrons. The topological polar surface area (TPSA) is 55.4 Å². The van der Waals surface area contributed by atoms with E-state index in [-0.39, 0.29) is 18.0 Å². The Morgan fingerprint density at radius 1 is 0.929 bits per heavy atom. The molecule has 0 saturated carbocycles. The molecule has 1 atom stereocenters. The third-order valence-electron chi connectivity index (χ3n) is 5.00. The third kappa shape index (κ3) is 3.67. The maximum atomic E-state index is 12.6. The van der Waals surface area contributed by atoms with E-state index in [1.54, 1.807) is 18.2 Å². The van der Waals surface area contributed by atoms with Gasteiger partial charge >= 0.3 is 5.97 Å². The van der Waals surface area contributed by atoms with Crippen molar-refractivity contribution in [2.24, 2.45) is 0 Å². The second-order valence-corrected chi connectivity index (χ2v) is 7.20. The Balaban J connectivity index is 1.57. The lowest BCUT2D eigenvalue weighted by atomic mass is 9.92. The summed E-state index contributed by atoms with van der Waals surface area (Å²) in [6.45, 7) is 4.02. The molecule has 4 heteroatoms. The second kappa shape index (κ2) is 7.31. The Labute approximate surface area is 164 Å². The zero-order valence-electron chi connectivity index (χ0n) is 15.9. The molecule has 3 aromatic carbocycles. The van der Waals surface area contributed by atoms with Crippen molar-refractivity contribution >= 4 is 17.6 Å². The number of ether oxygens (including phenoxy) is 1. The molecule has 0 spiro atoms. The van der Waals surface area contributed by atoms with E-state index in [0.717, 1.165) is 27.9 Å². The normalized spacial score (nSPS) is 15.5. The average molecular weight is 371 g/mol. The largest absolute Gasteiger partial charge is 0.454 e. The molecule has 3 aromatic rings. The summed E-state index contributed by atoms with van der Waals surface area (Å²) >= 11 is 0. The number of carbonyl (C=O) groups is 2. The lowest BCUT2D eigenvalue weighted by molar-refractivity contribution is 0.0252. The van der Waals surface area contributed by atoms with Crippen LogP contribution in [-0.2, 0) is 11.2 Å². The lowest BCUT2D eigenvalue weighted by Gasteiger charge is -2.25. The van der Waals surface area contributed by atoms with E-state index >= 15 is 0 Å². The van der Waals surface area contributed by atoms with Crippen LogP contribution in [0.25, 0.3) is 0 Å². The number of anilines is 1. The molecule has 1 amide bonds. The van der Waals surface area contributed by atoms with Crippen LogP contribution in [0.3, 0.4) is 0 Å². The van der Waals surface area contributed by atoms with E-state index < -0.39 is 0 Å². The maximum absolute atomic E-state index is 12.6. The van der Waals surface area contributed by atoms with E-state index in [2.05, 4.69) is 5.32 Å². The summed E-state index contributed by atoms with van der Waals surface area (Å²) in [4.78, 5) is 25.0. The van der Waals surface area contributed by atoms with E-state index in [0.29, 0.717) is 17.5 Å². The minimum atomic E-state index is -0.350. The summed E-state index contributed by atoms with van der Waals surface area (Å²) in [6, 6.07) is 20.7. The molecular formula is C24H21NO3. The van der Waals surface area contributed by atoms with Gasteiger partial charge in [-0.3, -0.25) is 4.79 Å². The Bertz CT molecular complexity index is 1040.